The molecule has 3 rings (SSSR count). The predicted octanol–water partition coefficient (Wildman–Crippen LogP) is 4.23. The van der Waals surface area contributed by atoms with Crippen LogP contribution in [0.5, 0.6) is 0 Å². The molecule has 0 saturated heterocycles. The Labute approximate surface area is 149 Å². The third kappa shape index (κ3) is 3.52. The topological polar surface area (TPSA) is 84.8 Å². The van der Waals surface area contributed by atoms with E-state index in [0.29, 0.717) is 23.2 Å². The molecular formula is C18H13ClN4O2. The molecule has 0 unspecified atom stereocenters. The molecule has 0 saturated carbocycles. The van der Waals surface area contributed by atoms with Crippen LogP contribution in [-0.4, -0.2) is 14.5 Å². The molecule has 124 valence electrons. The summed E-state index contributed by atoms with van der Waals surface area (Å²) in [6, 6.07) is 17.9. The van der Waals surface area contributed by atoms with E-state index < -0.39 is 4.92 Å². The lowest BCUT2D eigenvalue weighted by Crippen LogP contribution is -2.06. The van der Waals surface area contributed by atoms with Gasteiger partial charge >= 0.3 is 0 Å². The van der Waals surface area contributed by atoms with Crippen LogP contribution in [0, 0.1) is 21.4 Å². The molecule has 0 aliphatic heterocycles. The number of hydrogen-bond acceptors (Lipinski definition) is 4. The highest BCUT2D eigenvalue weighted by Gasteiger charge is 2.17. The second kappa shape index (κ2) is 7.16. The number of non-ortho nitro benzene ring substituents is 1. The number of aromatic nitrogens is 2. The lowest BCUT2D eigenvalue weighted by atomic mass is 10.1. The summed E-state index contributed by atoms with van der Waals surface area (Å²) in [4.78, 5) is 14.8. The summed E-state index contributed by atoms with van der Waals surface area (Å²) in [6.45, 7) is 0.416. The summed E-state index contributed by atoms with van der Waals surface area (Å²) < 4.78 is 1.88. The van der Waals surface area contributed by atoms with E-state index >= 15 is 0 Å². The molecule has 0 spiro atoms. The second-order valence-corrected chi connectivity index (χ2v) is 5.74. The average molecular weight is 353 g/mol. The van der Waals surface area contributed by atoms with E-state index in [2.05, 4.69) is 11.1 Å². The minimum atomic E-state index is -0.436. The number of nitro groups is 1. The monoisotopic (exact) mass is 352 g/mol. The maximum atomic E-state index is 10.8. The highest BCUT2D eigenvalue weighted by atomic mass is 35.5. The number of nitro benzene ring substituents is 1. The largest absolute Gasteiger partial charge is 0.321 e. The quantitative estimate of drug-likeness (QED) is 0.508. The molecular weight excluding hydrogens is 340 g/mol. The van der Waals surface area contributed by atoms with Crippen molar-refractivity contribution < 1.29 is 4.92 Å². The summed E-state index contributed by atoms with van der Waals surface area (Å²) >= 11 is 6.24. The van der Waals surface area contributed by atoms with E-state index in [-0.39, 0.29) is 12.1 Å². The maximum Gasteiger partial charge on any atom is 0.269 e. The summed E-state index contributed by atoms with van der Waals surface area (Å²) in [6.07, 6.45) is 0.131. The zero-order valence-corrected chi connectivity index (χ0v) is 13.8. The highest BCUT2D eigenvalue weighted by Crippen LogP contribution is 2.27. The normalized spacial score (nSPS) is 10.4. The van der Waals surface area contributed by atoms with Crippen molar-refractivity contribution in [2.75, 3.05) is 0 Å². The van der Waals surface area contributed by atoms with Crippen LogP contribution in [0.25, 0.3) is 11.4 Å². The van der Waals surface area contributed by atoms with Gasteiger partial charge < -0.3 is 4.57 Å². The molecule has 2 aromatic carbocycles. The van der Waals surface area contributed by atoms with Crippen molar-refractivity contribution in [3.8, 4) is 17.5 Å². The van der Waals surface area contributed by atoms with Gasteiger partial charge in [0.1, 0.15) is 5.82 Å². The van der Waals surface area contributed by atoms with Crippen LogP contribution >= 0.6 is 11.6 Å². The summed E-state index contributed by atoms with van der Waals surface area (Å²) in [5.74, 6) is 0.661. The van der Waals surface area contributed by atoms with Gasteiger partial charge in [0.05, 0.1) is 23.1 Å². The lowest BCUT2D eigenvalue weighted by Gasteiger charge is -2.11. The number of halogens is 1. The van der Waals surface area contributed by atoms with Crippen molar-refractivity contribution in [1.29, 1.82) is 5.26 Å². The van der Waals surface area contributed by atoms with Gasteiger partial charge in [-0.1, -0.05) is 54.1 Å². The van der Waals surface area contributed by atoms with Gasteiger partial charge in [0.2, 0.25) is 0 Å². The average Bonchev–Trinajstić information content (AvgIpc) is 2.93. The van der Waals surface area contributed by atoms with Crippen LogP contribution in [0.3, 0.4) is 0 Å². The van der Waals surface area contributed by atoms with Crippen LogP contribution in [0.15, 0.2) is 54.6 Å². The first-order valence-electron chi connectivity index (χ1n) is 7.50. The minimum absolute atomic E-state index is 0.0351. The Bertz CT molecular complexity index is 944. The van der Waals surface area contributed by atoms with E-state index in [4.69, 9.17) is 16.9 Å². The molecule has 7 heteroatoms. The first-order valence-corrected chi connectivity index (χ1v) is 7.88. The van der Waals surface area contributed by atoms with E-state index in [1.165, 1.54) is 12.1 Å². The Balaban J connectivity index is 2.04. The molecule has 25 heavy (non-hydrogen) atoms. The number of nitrogens with zero attached hydrogens (tertiary/aromatic N) is 4. The van der Waals surface area contributed by atoms with Crippen LogP contribution in [-0.2, 0) is 13.0 Å². The van der Waals surface area contributed by atoms with Gasteiger partial charge in [-0.2, -0.15) is 5.26 Å². The van der Waals surface area contributed by atoms with Gasteiger partial charge in [0.25, 0.3) is 5.69 Å². The standard InChI is InChI=1S/C18H13ClN4O2/c19-17-16(10-11-20)22(18(21-17)14-4-2-1-3-5-14)12-13-6-8-15(9-7-13)23(24)25/h1-9H,10,12H2. The van der Waals surface area contributed by atoms with Gasteiger partial charge in [0, 0.05) is 24.2 Å². The fourth-order valence-electron chi connectivity index (χ4n) is 2.58. The SMILES string of the molecule is N#CCc1c(Cl)nc(-c2ccccc2)n1Cc1ccc([N+](=O)[O-])cc1. The Hall–Kier alpha value is -3.17. The van der Waals surface area contributed by atoms with E-state index in [1.807, 2.05) is 34.9 Å². The van der Waals surface area contributed by atoms with Gasteiger partial charge in [-0.3, -0.25) is 10.1 Å². The van der Waals surface area contributed by atoms with Crippen LogP contribution in [0.1, 0.15) is 11.3 Å². The zero-order valence-electron chi connectivity index (χ0n) is 13.1. The van der Waals surface area contributed by atoms with E-state index in [0.717, 1.165) is 11.1 Å². The second-order valence-electron chi connectivity index (χ2n) is 5.38. The van der Waals surface area contributed by atoms with Crippen molar-refractivity contribution in [3.63, 3.8) is 0 Å². The molecule has 6 nitrogen and oxygen atoms in total. The van der Waals surface area contributed by atoms with Crippen LogP contribution in [0.2, 0.25) is 5.15 Å². The first kappa shape index (κ1) is 16.7. The smallest absolute Gasteiger partial charge is 0.269 e. The zero-order chi connectivity index (χ0) is 17.8. The summed E-state index contributed by atoms with van der Waals surface area (Å²) in [5.41, 5.74) is 2.40. The molecule has 0 N–H and O–H groups in total. The Kier molecular flexibility index (Phi) is 4.78. The molecule has 0 radical (unpaired) electrons. The molecule has 0 bridgehead atoms. The van der Waals surface area contributed by atoms with Crippen LogP contribution in [0.4, 0.5) is 5.69 Å². The molecule has 1 aromatic heterocycles. The van der Waals surface area contributed by atoms with Crippen molar-refractivity contribution in [2.45, 2.75) is 13.0 Å². The molecule has 1 heterocycles. The van der Waals surface area contributed by atoms with Crippen molar-refractivity contribution in [2.24, 2.45) is 0 Å². The molecule has 0 fully saturated rings. The number of hydrogen-bond donors (Lipinski definition) is 0. The molecule has 0 atom stereocenters. The number of nitriles is 1. The highest BCUT2D eigenvalue weighted by molar-refractivity contribution is 6.30. The van der Waals surface area contributed by atoms with Crippen molar-refractivity contribution in [3.05, 3.63) is 81.1 Å². The minimum Gasteiger partial charge on any atom is -0.321 e. The molecule has 0 amide bonds. The summed E-state index contributed by atoms with van der Waals surface area (Å²) in [7, 11) is 0. The lowest BCUT2D eigenvalue weighted by molar-refractivity contribution is -0.384. The fraction of sp³-hybridized carbons (Fsp3) is 0.111. The predicted molar refractivity (Wildman–Crippen MR) is 94.2 cm³/mol. The van der Waals surface area contributed by atoms with Gasteiger partial charge in [-0.15, -0.1) is 0 Å². The van der Waals surface area contributed by atoms with Crippen LogP contribution < -0.4 is 0 Å². The number of imidazole rings is 1. The fourth-order valence-corrected chi connectivity index (χ4v) is 2.83. The summed E-state index contributed by atoms with van der Waals surface area (Å²) in [5, 5.41) is 20.2. The third-order valence-electron chi connectivity index (χ3n) is 3.79. The van der Waals surface area contributed by atoms with Gasteiger partial charge in [-0.25, -0.2) is 4.98 Å². The Morgan fingerprint density at radius 3 is 2.44 bits per heavy atom. The maximum absolute atomic E-state index is 10.8. The molecule has 0 aliphatic rings. The van der Waals surface area contributed by atoms with E-state index in [9.17, 15) is 10.1 Å². The van der Waals surface area contributed by atoms with Crippen molar-refractivity contribution >= 4 is 17.3 Å². The van der Waals surface area contributed by atoms with Crippen molar-refractivity contribution in [1.82, 2.24) is 9.55 Å². The molecule has 0 aliphatic carbocycles. The number of benzene rings is 2. The number of rotatable bonds is 5. The Morgan fingerprint density at radius 1 is 1.16 bits per heavy atom. The molecule has 3 aromatic rings. The van der Waals surface area contributed by atoms with Gasteiger partial charge in [0.15, 0.2) is 5.15 Å². The Morgan fingerprint density at radius 2 is 1.84 bits per heavy atom. The van der Waals surface area contributed by atoms with E-state index in [1.54, 1.807) is 12.1 Å². The first-order chi connectivity index (χ1) is 12.1. The van der Waals surface area contributed by atoms with Gasteiger partial charge in [-0.05, 0) is 5.56 Å². The third-order valence-corrected chi connectivity index (χ3v) is 4.09.